The molecule has 94 valence electrons. The topological polar surface area (TPSA) is 40.5 Å². The predicted molar refractivity (Wildman–Crippen MR) is 70.3 cm³/mol. The van der Waals surface area contributed by atoms with Crippen LogP contribution in [0, 0.1) is 17.3 Å². The van der Waals surface area contributed by atoms with Gasteiger partial charge in [0.2, 0.25) is 0 Å². The second kappa shape index (κ2) is 4.68. The fourth-order valence-electron chi connectivity index (χ4n) is 2.31. The van der Waals surface area contributed by atoms with Crippen LogP contribution in [0.25, 0.3) is 0 Å². The van der Waals surface area contributed by atoms with Crippen LogP contribution in [0.2, 0.25) is 0 Å². The smallest absolute Gasteiger partial charge is 0.141 e. The van der Waals surface area contributed by atoms with Gasteiger partial charge in [-0.15, -0.1) is 0 Å². The number of aliphatic hydroxyl groups is 2. The third-order valence-corrected chi connectivity index (χ3v) is 3.23. The van der Waals surface area contributed by atoms with Crippen molar-refractivity contribution in [3.8, 4) is 11.8 Å². The molecule has 1 aliphatic rings. The van der Waals surface area contributed by atoms with Gasteiger partial charge in [0.05, 0.1) is 6.10 Å². The van der Waals surface area contributed by atoms with E-state index in [0.717, 1.165) is 11.1 Å². The molecule has 0 spiro atoms. The Balaban J connectivity index is 3.11. The quantitative estimate of drug-likeness (QED) is 0.540. The summed E-state index contributed by atoms with van der Waals surface area (Å²) in [5.74, 6) is 5.90. The van der Waals surface area contributed by atoms with Gasteiger partial charge in [-0.25, -0.2) is 0 Å². The van der Waals surface area contributed by atoms with E-state index >= 15 is 0 Å². The summed E-state index contributed by atoms with van der Waals surface area (Å²) in [5, 5.41) is 19.6. The van der Waals surface area contributed by atoms with Crippen LogP contribution < -0.4 is 0 Å². The normalized spacial score (nSPS) is 26.8. The highest BCUT2D eigenvalue weighted by Gasteiger charge is 2.32. The maximum absolute atomic E-state index is 9.80. The van der Waals surface area contributed by atoms with E-state index in [1.165, 1.54) is 6.08 Å². The van der Waals surface area contributed by atoms with Crippen molar-refractivity contribution in [3.63, 3.8) is 0 Å². The summed E-state index contributed by atoms with van der Waals surface area (Å²) in [6, 6.07) is 0. The van der Waals surface area contributed by atoms with Crippen LogP contribution in [-0.4, -0.2) is 21.9 Å². The van der Waals surface area contributed by atoms with E-state index in [1.54, 1.807) is 6.92 Å². The Labute approximate surface area is 104 Å². The number of allylic oxidation sites excluding steroid dienone is 1. The minimum absolute atomic E-state index is 0.133. The highest BCUT2D eigenvalue weighted by molar-refractivity contribution is 5.42. The molecule has 0 saturated heterocycles. The maximum atomic E-state index is 9.80. The van der Waals surface area contributed by atoms with E-state index in [2.05, 4.69) is 32.3 Å². The van der Waals surface area contributed by atoms with Crippen LogP contribution in [0.15, 0.2) is 23.8 Å². The van der Waals surface area contributed by atoms with Crippen LogP contribution in [-0.2, 0) is 0 Å². The molecule has 2 heteroatoms. The lowest BCUT2D eigenvalue weighted by Crippen LogP contribution is -2.28. The minimum atomic E-state index is -1.15. The van der Waals surface area contributed by atoms with Crippen molar-refractivity contribution in [2.24, 2.45) is 5.41 Å². The Kier molecular flexibility index (Phi) is 3.86. The molecule has 0 bridgehead atoms. The van der Waals surface area contributed by atoms with Crippen LogP contribution in [0.5, 0.6) is 0 Å². The standard InChI is InChI=1S/C15H22O2/c1-6-15(5,17)8-7-13-11(2)9-12(16)10-14(13,3)4/h6,12,16-17H,1,9-10H2,2-5H3/t12-,15?/m1/s1. The highest BCUT2D eigenvalue weighted by atomic mass is 16.3. The molecule has 2 atom stereocenters. The number of hydrogen-bond donors (Lipinski definition) is 2. The second-order valence-electron chi connectivity index (χ2n) is 5.70. The van der Waals surface area contributed by atoms with Gasteiger partial charge in [-0.1, -0.05) is 37.8 Å². The summed E-state index contributed by atoms with van der Waals surface area (Å²) in [7, 11) is 0. The zero-order chi connectivity index (χ0) is 13.3. The summed E-state index contributed by atoms with van der Waals surface area (Å²) in [4.78, 5) is 0. The van der Waals surface area contributed by atoms with Gasteiger partial charge in [0.15, 0.2) is 0 Å². The zero-order valence-electron chi connectivity index (χ0n) is 11.2. The first kappa shape index (κ1) is 14.0. The highest BCUT2D eigenvalue weighted by Crippen LogP contribution is 2.39. The summed E-state index contributed by atoms with van der Waals surface area (Å²) in [6.45, 7) is 11.3. The molecule has 2 N–H and O–H groups in total. The zero-order valence-corrected chi connectivity index (χ0v) is 11.2. The Hall–Kier alpha value is -1.04. The van der Waals surface area contributed by atoms with Crippen LogP contribution in [0.3, 0.4) is 0 Å². The molecule has 0 aromatic heterocycles. The number of rotatable bonds is 1. The average Bonchev–Trinajstić information content (AvgIpc) is 2.14. The first-order valence-electron chi connectivity index (χ1n) is 5.95. The Morgan fingerprint density at radius 3 is 2.59 bits per heavy atom. The van der Waals surface area contributed by atoms with Gasteiger partial charge in [0.1, 0.15) is 5.60 Å². The molecule has 0 fully saturated rings. The third-order valence-electron chi connectivity index (χ3n) is 3.23. The van der Waals surface area contributed by atoms with Gasteiger partial charge in [-0.2, -0.15) is 0 Å². The molecule has 0 aromatic rings. The van der Waals surface area contributed by atoms with Gasteiger partial charge in [0, 0.05) is 11.0 Å². The SMILES string of the molecule is C=CC(C)(O)C#CC1=C(C)C[C@@H](O)CC1(C)C. The van der Waals surface area contributed by atoms with Gasteiger partial charge in [0.25, 0.3) is 0 Å². The number of aliphatic hydroxyl groups excluding tert-OH is 1. The Morgan fingerprint density at radius 2 is 2.12 bits per heavy atom. The summed E-state index contributed by atoms with van der Waals surface area (Å²) in [6.07, 6.45) is 2.53. The van der Waals surface area contributed by atoms with Gasteiger partial charge >= 0.3 is 0 Å². The van der Waals surface area contributed by atoms with Crippen molar-refractivity contribution in [2.45, 2.75) is 52.2 Å². The van der Waals surface area contributed by atoms with Crippen LogP contribution in [0.1, 0.15) is 40.5 Å². The largest absolute Gasteiger partial charge is 0.393 e. The minimum Gasteiger partial charge on any atom is -0.393 e. The molecular weight excluding hydrogens is 212 g/mol. The van der Waals surface area contributed by atoms with E-state index in [4.69, 9.17) is 0 Å². The molecule has 0 aromatic carbocycles. The summed E-state index contributed by atoms with van der Waals surface area (Å²) >= 11 is 0. The molecule has 0 aliphatic heterocycles. The molecular formula is C15H22O2. The van der Waals surface area contributed by atoms with Gasteiger partial charge in [-0.05, 0) is 32.8 Å². The lowest BCUT2D eigenvalue weighted by atomic mass is 9.72. The second-order valence-corrected chi connectivity index (χ2v) is 5.70. The lowest BCUT2D eigenvalue weighted by molar-refractivity contribution is 0.117. The lowest BCUT2D eigenvalue weighted by Gasteiger charge is -2.34. The van der Waals surface area contributed by atoms with E-state index in [9.17, 15) is 10.2 Å². The average molecular weight is 234 g/mol. The first-order valence-corrected chi connectivity index (χ1v) is 5.95. The number of hydrogen-bond acceptors (Lipinski definition) is 2. The molecule has 0 radical (unpaired) electrons. The van der Waals surface area contributed by atoms with Crippen molar-refractivity contribution in [3.05, 3.63) is 23.8 Å². The van der Waals surface area contributed by atoms with Crippen LogP contribution >= 0.6 is 0 Å². The fourth-order valence-corrected chi connectivity index (χ4v) is 2.31. The molecule has 1 unspecified atom stereocenters. The first-order chi connectivity index (χ1) is 7.68. The molecule has 17 heavy (non-hydrogen) atoms. The van der Waals surface area contributed by atoms with E-state index < -0.39 is 5.60 Å². The van der Waals surface area contributed by atoms with Crippen molar-refractivity contribution in [2.75, 3.05) is 0 Å². The molecule has 0 amide bonds. The van der Waals surface area contributed by atoms with Crippen molar-refractivity contribution >= 4 is 0 Å². The molecule has 0 heterocycles. The maximum Gasteiger partial charge on any atom is 0.141 e. The molecule has 1 aliphatic carbocycles. The van der Waals surface area contributed by atoms with Crippen molar-refractivity contribution < 1.29 is 10.2 Å². The Morgan fingerprint density at radius 1 is 1.53 bits per heavy atom. The summed E-state index contributed by atoms with van der Waals surface area (Å²) < 4.78 is 0. The van der Waals surface area contributed by atoms with E-state index in [1.807, 2.05) is 6.92 Å². The van der Waals surface area contributed by atoms with Gasteiger partial charge < -0.3 is 10.2 Å². The third kappa shape index (κ3) is 3.46. The molecule has 2 nitrogen and oxygen atoms in total. The monoisotopic (exact) mass is 234 g/mol. The van der Waals surface area contributed by atoms with E-state index in [-0.39, 0.29) is 11.5 Å². The fraction of sp³-hybridized carbons (Fsp3) is 0.600. The van der Waals surface area contributed by atoms with Crippen LogP contribution in [0.4, 0.5) is 0 Å². The predicted octanol–water partition coefficient (Wildman–Crippen LogP) is 2.42. The summed E-state index contributed by atoms with van der Waals surface area (Å²) in [5.41, 5.74) is 0.858. The van der Waals surface area contributed by atoms with Crippen molar-refractivity contribution in [1.82, 2.24) is 0 Å². The van der Waals surface area contributed by atoms with E-state index in [0.29, 0.717) is 12.8 Å². The molecule has 1 rings (SSSR count). The Bertz CT molecular complexity index is 402. The van der Waals surface area contributed by atoms with Crippen molar-refractivity contribution in [1.29, 1.82) is 0 Å². The van der Waals surface area contributed by atoms with Gasteiger partial charge in [-0.3, -0.25) is 0 Å². The molecule has 0 saturated carbocycles.